The van der Waals surface area contributed by atoms with Crippen LogP contribution in [-0.4, -0.2) is 0 Å². The van der Waals surface area contributed by atoms with Gasteiger partial charge in [-0.1, -0.05) is 146 Å². The van der Waals surface area contributed by atoms with E-state index in [1.165, 1.54) is 122 Å². The van der Waals surface area contributed by atoms with Gasteiger partial charge in [0, 0.05) is 5.92 Å². The van der Waals surface area contributed by atoms with Gasteiger partial charge in [0.1, 0.15) is 0 Å². The highest BCUT2D eigenvalue weighted by molar-refractivity contribution is 6.09. The van der Waals surface area contributed by atoms with E-state index in [0.717, 1.165) is 6.42 Å². The van der Waals surface area contributed by atoms with Gasteiger partial charge in [0.15, 0.2) is 0 Å². The summed E-state index contributed by atoms with van der Waals surface area (Å²) in [6.45, 7) is 33.6. The van der Waals surface area contributed by atoms with E-state index in [9.17, 15) is 0 Å². The van der Waals surface area contributed by atoms with E-state index in [2.05, 4.69) is 149 Å². The van der Waals surface area contributed by atoms with Crippen LogP contribution in [0.2, 0.25) is 0 Å². The largest absolute Gasteiger partial charge is 0.0683 e. The van der Waals surface area contributed by atoms with Crippen molar-refractivity contribution in [2.24, 2.45) is 0 Å². The van der Waals surface area contributed by atoms with Crippen molar-refractivity contribution in [1.82, 2.24) is 0 Å². The molecule has 1 atom stereocenters. The standard InChI is InChI=1S/C49H50.2C2H6/c1-25(2)34-14-17-38-40(21-34)31(9)41-22-35(26(3)4)23-44(49(38)41)48-33(11)47(32(10)37-15-12-27(5)20-42(37)48)39-16-13-29(7)46-43(39)24-36-19-28(6)18-30(8)45(36)46;2*1-2/h12-23,25-26,31H,24H2,1-11H3;2*1-2H3. The van der Waals surface area contributed by atoms with Crippen LogP contribution in [0, 0.1) is 41.5 Å². The Morgan fingerprint density at radius 1 is 0.472 bits per heavy atom. The fourth-order valence-electron chi connectivity index (χ4n) is 9.51. The zero-order valence-corrected chi connectivity index (χ0v) is 35.4. The summed E-state index contributed by atoms with van der Waals surface area (Å²) in [5, 5.41) is 2.74. The summed E-state index contributed by atoms with van der Waals surface area (Å²) in [5.74, 6) is 1.32. The number of hydrogen-bond donors (Lipinski definition) is 0. The minimum atomic E-state index is 0.366. The van der Waals surface area contributed by atoms with Crippen LogP contribution in [0.5, 0.6) is 0 Å². The summed E-state index contributed by atoms with van der Waals surface area (Å²) in [5.41, 5.74) is 28.4. The number of aryl methyl sites for hydroxylation is 5. The monoisotopic (exact) mass is 698 g/mol. The Kier molecular flexibility index (Phi) is 10.7. The minimum absolute atomic E-state index is 0.366. The van der Waals surface area contributed by atoms with E-state index in [1.54, 1.807) is 0 Å². The van der Waals surface area contributed by atoms with E-state index in [4.69, 9.17) is 0 Å². The van der Waals surface area contributed by atoms with Gasteiger partial charge >= 0.3 is 0 Å². The Morgan fingerprint density at radius 2 is 1.13 bits per heavy atom. The van der Waals surface area contributed by atoms with Crippen molar-refractivity contribution < 1.29 is 0 Å². The summed E-state index contributed by atoms with van der Waals surface area (Å²) in [6, 6.07) is 29.1. The molecular weight excluding hydrogens is 637 g/mol. The summed E-state index contributed by atoms with van der Waals surface area (Å²) in [7, 11) is 0. The molecule has 0 aromatic heterocycles. The lowest BCUT2D eigenvalue weighted by molar-refractivity contribution is 0.850. The van der Waals surface area contributed by atoms with Gasteiger partial charge in [-0.15, -0.1) is 0 Å². The van der Waals surface area contributed by atoms with Gasteiger partial charge in [-0.3, -0.25) is 0 Å². The van der Waals surface area contributed by atoms with E-state index in [1.807, 2.05) is 27.7 Å². The van der Waals surface area contributed by atoms with Crippen LogP contribution in [-0.2, 0) is 6.42 Å². The first kappa shape index (κ1) is 38.3. The van der Waals surface area contributed by atoms with Gasteiger partial charge in [-0.2, -0.15) is 0 Å². The molecule has 53 heavy (non-hydrogen) atoms. The van der Waals surface area contributed by atoms with Gasteiger partial charge in [0.2, 0.25) is 0 Å². The van der Waals surface area contributed by atoms with Crippen molar-refractivity contribution >= 4 is 10.8 Å². The molecule has 2 aliphatic rings. The van der Waals surface area contributed by atoms with E-state index in [-0.39, 0.29) is 0 Å². The second-order valence-electron chi connectivity index (χ2n) is 16.0. The third-order valence-electron chi connectivity index (χ3n) is 12.0. The van der Waals surface area contributed by atoms with E-state index < -0.39 is 0 Å². The van der Waals surface area contributed by atoms with Crippen LogP contribution >= 0.6 is 0 Å². The molecule has 6 aromatic rings. The zero-order valence-electron chi connectivity index (χ0n) is 35.4. The lowest BCUT2D eigenvalue weighted by Crippen LogP contribution is -2.01. The maximum Gasteiger partial charge on any atom is 0.00737 e. The minimum Gasteiger partial charge on any atom is -0.0683 e. The average Bonchev–Trinajstić information content (AvgIpc) is 3.66. The van der Waals surface area contributed by atoms with Crippen molar-refractivity contribution in [3.05, 3.63) is 140 Å². The molecule has 0 heteroatoms. The second kappa shape index (κ2) is 14.8. The molecule has 2 aliphatic carbocycles. The molecule has 0 amide bonds. The zero-order chi connectivity index (χ0) is 38.6. The summed E-state index contributed by atoms with van der Waals surface area (Å²) in [4.78, 5) is 0. The lowest BCUT2D eigenvalue weighted by atomic mass is 9.79. The molecule has 274 valence electrons. The maximum absolute atomic E-state index is 2.55. The number of benzene rings is 6. The van der Waals surface area contributed by atoms with E-state index in [0.29, 0.717) is 17.8 Å². The van der Waals surface area contributed by atoms with Gasteiger partial charge in [0.05, 0.1) is 0 Å². The predicted molar refractivity (Wildman–Crippen MR) is 235 cm³/mol. The predicted octanol–water partition coefficient (Wildman–Crippen LogP) is 16.0. The number of rotatable bonds is 4. The third-order valence-corrected chi connectivity index (χ3v) is 12.0. The fourth-order valence-corrected chi connectivity index (χ4v) is 9.51. The van der Waals surface area contributed by atoms with Gasteiger partial charge in [0.25, 0.3) is 0 Å². The van der Waals surface area contributed by atoms with Crippen molar-refractivity contribution in [2.45, 2.75) is 128 Å². The summed E-state index contributed by atoms with van der Waals surface area (Å²) < 4.78 is 0. The molecular formula is C53H62. The van der Waals surface area contributed by atoms with Crippen molar-refractivity contribution in [2.75, 3.05) is 0 Å². The molecule has 0 bridgehead atoms. The highest BCUT2D eigenvalue weighted by atomic mass is 14.4. The molecule has 1 unspecified atom stereocenters. The lowest BCUT2D eigenvalue weighted by Gasteiger charge is -2.24. The summed E-state index contributed by atoms with van der Waals surface area (Å²) in [6.07, 6.45) is 0.992. The molecule has 0 saturated carbocycles. The van der Waals surface area contributed by atoms with Gasteiger partial charge < -0.3 is 0 Å². The quantitative estimate of drug-likeness (QED) is 0.172. The third kappa shape index (κ3) is 6.17. The topological polar surface area (TPSA) is 0 Å². The molecule has 0 nitrogen and oxygen atoms in total. The molecule has 8 rings (SSSR count). The van der Waals surface area contributed by atoms with Gasteiger partial charge in [-0.05, 0) is 171 Å². The van der Waals surface area contributed by atoms with Crippen LogP contribution in [0.4, 0.5) is 0 Å². The van der Waals surface area contributed by atoms with Crippen molar-refractivity contribution in [3.8, 4) is 44.5 Å². The first-order chi connectivity index (χ1) is 25.3. The highest BCUT2D eigenvalue weighted by Crippen LogP contribution is 2.54. The van der Waals surface area contributed by atoms with E-state index >= 15 is 0 Å². The number of hydrogen-bond acceptors (Lipinski definition) is 0. The molecule has 0 radical (unpaired) electrons. The summed E-state index contributed by atoms with van der Waals surface area (Å²) >= 11 is 0. The van der Waals surface area contributed by atoms with Crippen molar-refractivity contribution in [1.29, 1.82) is 0 Å². The number of fused-ring (bicyclic) bond motifs is 7. The van der Waals surface area contributed by atoms with Crippen LogP contribution < -0.4 is 0 Å². The van der Waals surface area contributed by atoms with Crippen LogP contribution in [0.3, 0.4) is 0 Å². The Labute approximate surface area is 321 Å². The molecule has 0 saturated heterocycles. The van der Waals surface area contributed by atoms with Crippen LogP contribution in [0.15, 0.2) is 72.8 Å². The molecule has 0 heterocycles. The Bertz CT molecular complexity index is 2370. The molecule has 0 aliphatic heterocycles. The van der Waals surface area contributed by atoms with Crippen molar-refractivity contribution in [3.63, 3.8) is 0 Å². The average molecular weight is 699 g/mol. The molecule has 0 N–H and O–H groups in total. The normalized spacial score (nSPS) is 13.6. The first-order valence-corrected chi connectivity index (χ1v) is 20.4. The molecule has 0 spiro atoms. The Balaban J connectivity index is 0.00000116. The SMILES string of the molecule is CC.CC.Cc1cc(C)c2c(c1)Cc1c(-c3c(C)c(-c4cc(C(C)C)cc5c4-c4ccc(C(C)C)cc4C5C)c4cc(C)ccc4c3C)ccc(C)c1-2. The van der Waals surface area contributed by atoms with Crippen LogP contribution in [0.1, 0.15) is 147 Å². The Morgan fingerprint density at radius 3 is 1.81 bits per heavy atom. The molecule has 6 aromatic carbocycles. The first-order valence-electron chi connectivity index (χ1n) is 20.4. The second-order valence-corrected chi connectivity index (χ2v) is 16.0. The Hall–Kier alpha value is -4.42. The smallest absolute Gasteiger partial charge is 0.00737 e. The maximum atomic E-state index is 2.55. The highest BCUT2D eigenvalue weighted by Gasteiger charge is 2.32. The van der Waals surface area contributed by atoms with Crippen LogP contribution in [0.25, 0.3) is 55.3 Å². The molecule has 0 fully saturated rings. The van der Waals surface area contributed by atoms with Gasteiger partial charge in [-0.25, -0.2) is 0 Å². The fraction of sp³-hybridized carbons (Fsp3) is 0.358.